The molecule has 3 aromatic rings. The monoisotopic (exact) mass is 441 g/mol. The lowest BCUT2D eigenvalue weighted by atomic mass is 10.1. The van der Waals surface area contributed by atoms with Crippen molar-refractivity contribution in [3.05, 3.63) is 75.8 Å². The van der Waals surface area contributed by atoms with Crippen LogP contribution in [-0.2, 0) is 4.74 Å². The van der Waals surface area contributed by atoms with Gasteiger partial charge in [-0.15, -0.1) is 11.3 Å². The average Bonchev–Trinajstić information content (AvgIpc) is 3.17. The maximum absolute atomic E-state index is 13.2. The number of ether oxygens (including phenoxy) is 1. The fraction of sp³-hybridized carbons (Fsp3) is 0.304. The van der Waals surface area contributed by atoms with Gasteiger partial charge in [0, 0.05) is 30.2 Å². The third-order valence-corrected chi connectivity index (χ3v) is 6.60. The van der Waals surface area contributed by atoms with E-state index >= 15 is 0 Å². The molecule has 1 fully saturated rings. The number of nitrogens with zero attached hydrogens (tertiary/aromatic N) is 2. The molecule has 1 aliphatic heterocycles. The van der Waals surface area contributed by atoms with E-state index in [9.17, 15) is 4.79 Å². The maximum Gasteiger partial charge on any atom is 0.263 e. The summed E-state index contributed by atoms with van der Waals surface area (Å²) in [6.45, 7) is 5.84. The molecule has 0 bridgehead atoms. The minimum absolute atomic E-state index is 0.0904. The van der Waals surface area contributed by atoms with Gasteiger partial charge in [-0.25, -0.2) is 4.98 Å². The van der Waals surface area contributed by atoms with Crippen molar-refractivity contribution in [1.82, 2.24) is 15.2 Å². The highest BCUT2D eigenvalue weighted by Crippen LogP contribution is 2.29. The fourth-order valence-electron chi connectivity index (χ4n) is 3.51. The highest BCUT2D eigenvalue weighted by molar-refractivity contribution is 7.17. The molecule has 1 aromatic heterocycles. The molecule has 1 unspecified atom stereocenters. The summed E-state index contributed by atoms with van der Waals surface area (Å²) in [7, 11) is 0. The van der Waals surface area contributed by atoms with E-state index in [1.54, 1.807) is 0 Å². The van der Waals surface area contributed by atoms with Gasteiger partial charge in [0.25, 0.3) is 5.91 Å². The van der Waals surface area contributed by atoms with Crippen molar-refractivity contribution in [2.75, 3.05) is 32.8 Å². The molecule has 0 spiro atoms. The van der Waals surface area contributed by atoms with Crippen molar-refractivity contribution < 1.29 is 9.53 Å². The Bertz CT molecular complexity index is 985. The van der Waals surface area contributed by atoms with Gasteiger partial charge in [-0.2, -0.15) is 0 Å². The van der Waals surface area contributed by atoms with Gasteiger partial charge in [-0.05, 0) is 24.6 Å². The van der Waals surface area contributed by atoms with Crippen LogP contribution in [0.25, 0.3) is 10.6 Å². The summed E-state index contributed by atoms with van der Waals surface area (Å²) in [6.07, 6.45) is 0. The van der Waals surface area contributed by atoms with Crippen LogP contribution in [0.5, 0.6) is 0 Å². The van der Waals surface area contributed by atoms with Crippen molar-refractivity contribution >= 4 is 28.8 Å². The number of amides is 1. The van der Waals surface area contributed by atoms with Gasteiger partial charge in [-0.1, -0.05) is 54.1 Å². The lowest BCUT2D eigenvalue weighted by Gasteiger charge is -2.31. The molecule has 1 N–H and O–H groups in total. The van der Waals surface area contributed by atoms with E-state index in [0.717, 1.165) is 54.7 Å². The number of hydrogen-bond acceptors (Lipinski definition) is 5. The van der Waals surface area contributed by atoms with E-state index in [1.165, 1.54) is 11.3 Å². The second-order valence-electron chi connectivity index (χ2n) is 7.29. The predicted molar refractivity (Wildman–Crippen MR) is 121 cm³/mol. The first-order valence-corrected chi connectivity index (χ1v) is 11.2. The van der Waals surface area contributed by atoms with E-state index in [-0.39, 0.29) is 11.9 Å². The van der Waals surface area contributed by atoms with E-state index < -0.39 is 0 Å². The Morgan fingerprint density at radius 3 is 2.57 bits per heavy atom. The Hall–Kier alpha value is -2.25. The zero-order valence-corrected chi connectivity index (χ0v) is 18.4. The minimum Gasteiger partial charge on any atom is -0.379 e. The van der Waals surface area contributed by atoms with Crippen LogP contribution in [0.3, 0.4) is 0 Å². The van der Waals surface area contributed by atoms with Crippen LogP contribution in [0.1, 0.15) is 27.0 Å². The van der Waals surface area contributed by atoms with Crippen LogP contribution in [0.4, 0.5) is 0 Å². The molecule has 5 nitrogen and oxygen atoms in total. The zero-order valence-electron chi connectivity index (χ0n) is 16.8. The number of thiazole rings is 1. The number of carbonyl (C=O) groups excluding carboxylic acids is 1. The van der Waals surface area contributed by atoms with Gasteiger partial charge in [0.1, 0.15) is 9.88 Å². The summed E-state index contributed by atoms with van der Waals surface area (Å²) in [6, 6.07) is 17.5. The summed E-state index contributed by atoms with van der Waals surface area (Å²) < 4.78 is 5.46. The normalized spacial score (nSPS) is 15.7. The van der Waals surface area contributed by atoms with Gasteiger partial charge >= 0.3 is 0 Å². The number of halogens is 1. The summed E-state index contributed by atoms with van der Waals surface area (Å²) in [5.41, 5.74) is 2.79. The molecule has 1 saturated heterocycles. The Kier molecular flexibility index (Phi) is 6.79. The van der Waals surface area contributed by atoms with Crippen LogP contribution >= 0.6 is 22.9 Å². The second-order valence-corrected chi connectivity index (χ2v) is 8.73. The Labute approximate surface area is 185 Å². The van der Waals surface area contributed by atoms with E-state index in [1.807, 2.05) is 49.4 Å². The molecule has 4 rings (SSSR count). The van der Waals surface area contributed by atoms with Crippen molar-refractivity contribution in [3.63, 3.8) is 0 Å². The highest BCUT2D eigenvalue weighted by Gasteiger charge is 2.23. The van der Waals surface area contributed by atoms with Gasteiger partial charge in [0.15, 0.2) is 0 Å². The fourth-order valence-corrected chi connectivity index (χ4v) is 4.61. The lowest BCUT2D eigenvalue weighted by Crippen LogP contribution is -2.43. The first-order valence-electron chi connectivity index (χ1n) is 9.99. The first-order chi connectivity index (χ1) is 14.6. The number of aromatic nitrogens is 1. The van der Waals surface area contributed by atoms with Crippen molar-refractivity contribution in [1.29, 1.82) is 0 Å². The van der Waals surface area contributed by atoms with E-state index in [2.05, 4.69) is 27.3 Å². The molecule has 156 valence electrons. The molecular formula is C23H24ClN3O2S. The van der Waals surface area contributed by atoms with Gasteiger partial charge < -0.3 is 10.1 Å². The van der Waals surface area contributed by atoms with Crippen molar-refractivity contribution in [3.8, 4) is 10.6 Å². The van der Waals surface area contributed by atoms with Crippen molar-refractivity contribution in [2.45, 2.75) is 13.0 Å². The first kappa shape index (κ1) is 21.0. The topological polar surface area (TPSA) is 54.5 Å². The van der Waals surface area contributed by atoms with Crippen LogP contribution in [-0.4, -0.2) is 48.6 Å². The molecule has 2 heterocycles. The zero-order chi connectivity index (χ0) is 20.9. The van der Waals surface area contributed by atoms with Gasteiger partial charge in [0.05, 0.1) is 24.9 Å². The summed E-state index contributed by atoms with van der Waals surface area (Å²) in [4.78, 5) is 20.8. The standard InChI is InChI=1S/C23H24ClN3O2S/c1-16-21(30-23(25-16)18-7-9-19(24)10-8-18)22(28)26-20(17-5-3-2-4-6-17)15-27-11-13-29-14-12-27/h2-10,20H,11-15H2,1H3,(H,26,28). The number of nitrogens with one attached hydrogen (secondary N) is 1. The molecule has 0 saturated carbocycles. The van der Waals surface area contributed by atoms with Gasteiger partial charge in [-0.3, -0.25) is 9.69 Å². The second kappa shape index (κ2) is 9.71. The number of hydrogen-bond donors (Lipinski definition) is 1. The minimum atomic E-state index is -0.0997. The number of aryl methyl sites for hydroxylation is 1. The summed E-state index contributed by atoms with van der Waals surface area (Å²) in [5, 5.41) is 4.74. The Morgan fingerprint density at radius 2 is 1.87 bits per heavy atom. The average molecular weight is 442 g/mol. The van der Waals surface area contributed by atoms with Crippen LogP contribution in [0.15, 0.2) is 54.6 Å². The number of rotatable bonds is 6. The van der Waals surface area contributed by atoms with Crippen molar-refractivity contribution in [2.24, 2.45) is 0 Å². The molecule has 0 radical (unpaired) electrons. The maximum atomic E-state index is 13.2. The van der Waals surface area contributed by atoms with Crippen LogP contribution in [0, 0.1) is 6.92 Å². The Balaban J connectivity index is 1.54. The molecule has 1 amide bonds. The van der Waals surface area contributed by atoms with E-state index in [4.69, 9.17) is 16.3 Å². The number of benzene rings is 2. The molecule has 1 atom stereocenters. The molecular weight excluding hydrogens is 418 g/mol. The summed E-state index contributed by atoms with van der Waals surface area (Å²) in [5.74, 6) is -0.0904. The SMILES string of the molecule is Cc1nc(-c2ccc(Cl)cc2)sc1C(=O)NC(CN1CCOCC1)c1ccccc1. The van der Waals surface area contributed by atoms with Crippen LogP contribution < -0.4 is 5.32 Å². The summed E-state index contributed by atoms with van der Waals surface area (Å²) >= 11 is 7.40. The molecule has 1 aliphatic rings. The Morgan fingerprint density at radius 1 is 1.17 bits per heavy atom. The largest absolute Gasteiger partial charge is 0.379 e. The molecule has 2 aromatic carbocycles. The molecule has 7 heteroatoms. The third-order valence-electron chi connectivity index (χ3n) is 5.15. The number of carbonyl (C=O) groups is 1. The molecule has 0 aliphatic carbocycles. The van der Waals surface area contributed by atoms with E-state index in [0.29, 0.717) is 9.90 Å². The highest BCUT2D eigenvalue weighted by atomic mass is 35.5. The lowest BCUT2D eigenvalue weighted by molar-refractivity contribution is 0.0332. The molecule has 30 heavy (non-hydrogen) atoms. The quantitative estimate of drug-likeness (QED) is 0.608. The predicted octanol–water partition coefficient (Wildman–Crippen LogP) is 4.58. The third kappa shape index (κ3) is 5.08. The smallest absolute Gasteiger partial charge is 0.263 e. The van der Waals surface area contributed by atoms with Gasteiger partial charge in [0.2, 0.25) is 0 Å². The van der Waals surface area contributed by atoms with Crippen LogP contribution in [0.2, 0.25) is 5.02 Å². The number of morpholine rings is 1.